The summed E-state index contributed by atoms with van der Waals surface area (Å²) in [5, 5.41) is 22.9. The first kappa shape index (κ1) is 9.77. The molecule has 0 atom stereocenters. The zero-order chi connectivity index (χ0) is 9.36. The van der Waals surface area contributed by atoms with Gasteiger partial charge in [0.15, 0.2) is 0 Å². The van der Waals surface area contributed by atoms with Crippen LogP contribution in [0.3, 0.4) is 0 Å². The van der Waals surface area contributed by atoms with Gasteiger partial charge in [-0.2, -0.15) is 11.8 Å². The second-order valence-electron chi connectivity index (χ2n) is 4.19. The molecule has 0 unspecified atom stereocenters. The van der Waals surface area contributed by atoms with Gasteiger partial charge in [-0.05, 0) is 24.3 Å². The highest BCUT2D eigenvalue weighted by Crippen LogP contribution is 2.43. The Kier molecular flexibility index (Phi) is 2.57. The van der Waals surface area contributed by atoms with Crippen molar-refractivity contribution in [3.8, 4) is 0 Å². The van der Waals surface area contributed by atoms with Gasteiger partial charge in [0.25, 0.3) is 0 Å². The van der Waals surface area contributed by atoms with E-state index in [1.807, 2.05) is 11.8 Å². The third-order valence-electron chi connectivity index (χ3n) is 3.54. The van der Waals surface area contributed by atoms with Crippen molar-refractivity contribution < 1.29 is 10.2 Å². The van der Waals surface area contributed by atoms with Crippen LogP contribution in [0.4, 0.5) is 0 Å². The van der Waals surface area contributed by atoms with Gasteiger partial charge in [0, 0.05) is 18.5 Å². The Morgan fingerprint density at radius 1 is 1.23 bits per heavy atom. The maximum atomic E-state index is 10.4. The van der Waals surface area contributed by atoms with Crippen molar-refractivity contribution in [2.75, 3.05) is 31.2 Å². The second kappa shape index (κ2) is 3.42. The van der Waals surface area contributed by atoms with E-state index in [1.165, 1.54) is 0 Å². The fourth-order valence-electron chi connectivity index (χ4n) is 2.25. The smallest absolute Gasteiger partial charge is 0.0765 e. The normalized spacial score (nSPS) is 30.9. The monoisotopic (exact) mass is 203 g/mol. The molecule has 0 bridgehead atoms. The molecular formula is C9H17NO2S. The third kappa shape index (κ3) is 1.40. The first-order valence-corrected chi connectivity index (χ1v) is 6.00. The van der Waals surface area contributed by atoms with Gasteiger partial charge in [0.05, 0.1) is 12.2 Å². The van der Waals surface area contributed by atoms with E-state index in [2.05, 4.69) is 5.32 Å². The largest absolute Gasteiger partial charge is 0.396 e. The zero-order valence-corrected chi connectivity index (χ0v) is 8.57. The maximum Gasteiger partial charge on any atom is 0.0765 e. The van der Waals surface area contributed by atoms with Crippen LogP contribution < -0.4 is 5.32 Å². The van der Waals surface area contributed by atoms with Gasteiger partial charge in [-0.15, -0.1) is 0 Å². The molecule has 2 heterocycles. The van der Waals surface area contributed by atoms with Crippen LogP contribution in [0.25, 0.3) is 0 Å². The van der Waals surface area contributed by atoms with Gasteiger partial charge in [-0.25, -0.2) is 0 Å². The fourth-order valence-corrected chi connectivity index (χ4v) is 3.42. The Morgan fingerprint density at radius 3 is 2.23 bits per heavy atom. The SMILES string of the molecule is OCC1(C2(O)CCSCC2)CNC1. The molecule has 0 spiro atoms. The average Bonchev–Trinajstić information content (AvgIpc) is 2.04. The van der Waals surface area contributed by atoms with Crippen molar-refractivity contribution >= 4 is 11.8 Å². The topological polar surface area (TPSA) is 52.5 Å². The second-order valence-corrected chi connectivity index (χ2v) is 5.41. The van der Waals surface area contributed by atoms with Crippen LogP contribution in [0, 0.1) is 5.41 Å². The quantitative estimate of drug-likeness (QED) is 0.583. The van der Waals surface area contributed by atoms with Crippen LogP contribution in [0.1, 0.15) is 12.8 Å². The Balaban J connectivity index is 2.10. The average molecular weight is 203 g/mol. The predicted molar refractivity (Wildman–Crippen MR) is 53.9 cm³/mol. The number of nitrogens with one attached hydrogen (secondary N) is 1. The molecule has 0 radical (unpaired) electrons. The molecule has 0 amide bonds. The highest BCUT2D eigenvalue weighted by atomic mass is 32.2. The molecule has 4 heteroatoms. The van der Waals surface area contributed by atoms with Crippen LogP contribution in [-0.2, 0) is 0 Å². The maximum absolute atomic E-state index is 10.4. The van der Waals surface area contributed by atoms with Crippen LogP contribution in [0.15, 0.2) is 0 Å². The standard InChI is InChI=1S/C9H17NO2S/c11-7-8(5-10-6-8)9(12)1-3-13-4-2-9/h10-12H,1-7H2. The van der Waals surface area contributed by atoms with Gasteiger partial charge in [0.1, 0.15) is 0 Å². The van der Waals surface area contributed by atoms with Crippen molar-refractivity contribution in [2.24, 2.45) is 5.41 Å². The summed E-state index contributed by atoms with van der Waals surface area (Å²) in [5.74, 6) is 2.05. The van der Waals surface area contributed by atoms with Gasteiger partial charge in [-0.3, -0.25) is 0 Å². The Hall–Kier alpha value is 0.230. The lowest BCUT2D eigenvalue weighted by Gasteiger charge is -2.54. The van der Waals surface area contributed by atoms with Crippen molar-refractivity contribution in [3.63, 3.8) is 0 Å². The lowest BCUT2D eigenvalue weighted by molar-refractivity contribution is -0.139. The van der Waals surface area contributed by atoms with Gasteiger partial charge >= 0.3 is 0 Å². The third-order valence-corrected chi connectivity index (χ3v) is 4.52. The summed E-state index contributed by atoms with van der Waals surface area (Å²) >= 11 is 1.90. The lowest BCUT2D eigenvalue weighted by atomic mass is 9.65. The van der Waals surface area contributed by atoms with E-state index >= 15 is 0 Å². The molecule has 3 N–H and O–H groups in total. The molecule has 0 aromatic carbocycles. The highest BCUT2D eigenvalue weighted by Gasteiger charge is 2.53. The fraction of sp³-hybridized carbons (Fsp3) is 1.00. The Bertz CT molecular complexity index is 183. The minimum absolute atomic E-state index is 0.112. The first-order chi connectivity index (χ1) is 6.22. The molecule has 0 aliphatic carbocycles. The Morgan fingerprint density at radius 2 is 1.85 bits per heavy atom. The molecular weight excluding hydrogens is 186 g/mol. The molecule has 2 rings (SSSR count). The minimum atomic E-state index is -0.613. The minimum Gasteiger partial charge on any atom is -0.396 e. The summed E-state index contributed by atoms with van der Waals surface area (Å²) < 4.78 is 0. The van der Waals surface area contributed by atoms with E-state index in [1.54, 1.807) is 0 Å². The molecule has 2 fully saturated rings. The molecule has 3 nitrogen and oxygen atoms in total. The number of aliphatic hydroxyl groups excluding tert-OH is 1. The van der Waals surface area contributed by atoms with E-state index in [9.17, 15) is 10.2 Å². The van der Waals surface area contributed by atoms with Crippen LogP contribution in [0.2, 0.25) is 0 Å². The van der Waals surface area contributed by atoms with Crippen molar-refractivity contribution in [1.82, 2.24) is 5.32 Å². The molecule has 76 valence electrons. The van der Waals surface area contributed by atoms with Crippen LogP contribution in [0.5, 0.6) is 0 Å². The number of thioether (sulfide) groups is 1. The molecule has 2 aliphatic rings. The van der Waals surface area contributed by atoms with Gasteiger partial charge < -0.3 is 15.5 Å². The van der Waals surface area contributed by atoms with E-state index in [0.717, 1.165) is 37.4 Å². The van der Waals surface area contributed by atoms with E-state index < -0.39 is 5.60 Å². The molecule has 0 aromatic rings. The predicted octanol–water partition coefficient (Wildman–Crippen LogP) is -0.174. The molecule has 2 saturated heterocycles. The number of rotatable bonds is 2. The van der Waals surface area contributed by atoms with E-state index in [-0.39, 0.29) is 12.0 Å². The zero-order valence-electron chi connectivity index (χ0n) is 7.75. The lowest BCUT2D eigenvalue weighted by Crippen LogP contribution is -2.68. The number of hydrogen-bond donors (Lipinski definition) is 3. The summed E-state index contributed by atoms with van der Waals surface area (Å²) in [5.41, 5.74) is -0.855. The molecule has 2 aliphatic heterocycles. The summed E-state index contributed by atoms with van der Waals surface area (Å²) in [6.45, 7) is 1.65. The Labute approximate surface area is 82.9 Å². The van der Waals surface area contributed by atoms with Gasteiger partial charge in [0.2, 0.25) is 0 Å². The summed E-state index contributed by atoms with van der Waals surface area (Å²) in [4.78, 5) is 0. The van der Waals surface area contributed by atoms with E-state index in [0.29, 0.717) is 0 Å². The molecule has 13 heavy (non-hydrogen) atoms. The van der Waals surface area contributed by atoms with Gasteiger partial charge in [-0.1, -0.05) is 0 Å². The summed E-state index contributed by atoms with van der Waals surface area (Å²) in [6.07, 6.45) is 1.67. The van der Waals surface area contributed by atoms with Crippen molar-refractivity contribution in [2.45, 2.75) is 18.4 Å². The molecule has 0 aromatic heterocycles. The van der Waals surface area contributed by atoms with Crippen molar-refractivity contribution in [1.29, 1.82) is 0 Å². The van der Waals surface area contributed by atoms with Crippen molar-refractivity contribution in [3.05, 3.63) is 0 Å². The summed E-state index contributed by atoms with van der Waals surface area (Å²) in [7, 11) is 0. The number of aliphatic hydroxyl groups is 2. The summed E-state index contributed by atoms with van der Waals surface area (Å²) in [6, 6.07) is 0. The van der Waals surface area contributed by atoms with E-state index in [4.69, 9.17) is 0 Å². The first-order valence-electron chi connectivity index (χ1n) is 4.84. The highest BCUT2D eigenvalue weighted by molar-refractivity contribution is 7.99. The number of hydrogen-bond acceptors (Lipinski definition) is 4. The molecule has 0 saturated carbocycles. The van der Waals surface area contributed by atoms with Crippen LogP contribution >= 0.6 is 11.8 Å². The van der Waals surface area contributed by atoms with Crippen LogP contribution in [-0.4, -0.2) is 47.0 Å².